The Hall–Kier alpha value is 0.230. The van der Waals surface area contributed by atoms with Crippen molar-refractivity contribution in [3.05, 3.63) is 0 Å². The number of rotatable bonds is 5. The maximum absolute atomic E-state index is 5.52. The highest BCUT2D eigenvalue weighted by molar-refractivity contribution is 7.99. The molecule has 0 aromatic carbocycles. The van der Waals surface area contributed by atoms with Crippen molar-refractivity contribution in [2.75, 3.05) is 44.9 Å². The SMILES string of the molecule is CCCNC(C1CCOCC1)C1CSCCN1C. The lowest BCUT2D eigenvalue weighted by Crippen LogP contribution is -2.56. The molecule has 18 heavy (non-hydrogen) atoms. The van der Waals surface area contributed by atoms with E-state index in [4.69, 9.17) is 4.74 Å². The smallest absolute Gasteiger partial charge is 0.0469 e. The molecule has 2 unspecified atom stereocenters. The van der Waals surface area contributed by atoms with E-state index in [1.54, 1.807) is 0 Å². The van der Waals surface area contributed by atoms with Crippen LogP contribution in [0.4, 0.5) is 0 Å². The van der Waals surface area contributed by atoms with Crippen LogP contribution in [-0.2, 0) is 4.74 Å². The molecule has 0 spiro atoms. The molecule has 2 heterocycles. The third-order valence-corrected chi connectivity index (χ3v) is 5.31. The van der Waals surface area contributed by atoms with Crippen LogP contribution in [0.25, 0.3) is 0 Å². The van der Waals surface area contributed by atoms with Crippen LogP contribution in [0.2, 0.25) is 0 Å². The Bertz CT molecular complexity index is 234. The highest BCUT2D eigenvalue weighted by Crippen LogP contribution is 2.27. The predicted molar refractivity (Wildman–Crippen MR) is 79.4 cm³/mol. The average Bonchev–Trinajstić information content (AvgIpc) is 2.42. The molecule has 0 aliphatic carbocycles. The van der Waals surface area contributed by atoms with Gasteiger partial charge in [-0.05, 0) is 38.8 Å². The first-order valence-electron chi connectivity index (χ1n) is 7.42. The first-order valence-corrected chi connectivity index (χ1v) is 8.57. The van der Waals surface area contributed by atoms with Crippen molar-refractivity contribution in [1.82, 2.24) is 10.2 Å². The number of hydrogen-bond acceptors (Lipinski definition) is 4. The first kappa shape index (κ1) is 14.6. The van der Waals surface area contributed by atoms with Crippen LogP contribution in [0.15, 0.2) is 0 Å². The van der Waals surface area contributed by atoms with E-state index in [0.717, 1.165) is 25.7 Å². The van der Waals surface area contributed by atoms with Gasteiger partial charge in [0.15, 0.2) is 0 Å². The molecule has 0 saturated carbocycles. The zero-order valence-corrected chi connectivity index (χ0v) is 12.7. The second kappa shape index (κ2) is 7.73. The van der Waals surface area contributed by atoms with Crippen molar-refractivity contribution in [3.8, 4) is 0 Å². The number of likely N-dealkylation sites (N-methyl/N-ethyl adjacent to an activating group) is 1. The first-order chi connectivity index (χ1) is 8.83. The molecular formula is C14H28N2OS. The Balaban J connectivity index is 1.97. The summed E-state index contributed by atoms with van der Waals surface area (Å²) in [4.78, 5) is 2.57. The minimum atomic E-state index is 0.659. The lowest BCUT2D eigenvalue weighted by atomic mass is 9.87. The molecule has 0 radical (unpaired) electrons. The molecular weight excluding hydrogens is 244 g/mol. The molecule has 0 aromatic rings. The van der Waals surface area contributed by atoms with Gasteiger partial charge >= 0.3 is 0 Å². The second-order valence-electron chi connectivity index (χ2n) is 5.55. The molecule has 2 saturated heterocycles. The molecule has 2 rings (SSSR count). The summed E-state index contributed by atoms with van der Waals surface area (Å²) in [5.41, 5.74) is 0. The summed E-state index contributed by atoms with van der Waals surface area (Å²) in [6, 6.07) is 1.37. The van der Waals surface area contributed by atoms with Gasteiger partial charge in [0.05, 0.1) is 0 Å². The van der Waals surface area contributed by atoms with Crippen LogP contribution in [-0.4, -0.2) is 61.8 Å². The summed E-state index contributed by atoms with van der Waals surface area (Å²) in [7, 11) is 2.30. The molecule has 106 valence electrons. The third-order valence-electron chi connectivity index (χ3n) is 4.26. The fourth-order valence-electron chi connectivity index (χ4n) is 3.09. The van der Waals surface area contributed by atoms with Crippen molar-refractivity contribution in [3.63, 3.8) is 0 Å². The summed E-state index contributed by atoms with van der Waals surface area (Å²) in [5.74, 6) is 3.38. The summed E-state index contributed by atoms with van der Waals surface area (Å²) in [6.45, 7) is 6.56. The summed E-state index contributed by atoms with van der Waals surface area (Å²) in [5, 5.41) is 3.83. The van der Waals surface area contributed by atoms with Crippen molar-refractivity contribution in [2.24, 2.45) is 5.92 Å². The Morgan fingerprint density at radius 1 is 1.39 bits per heavy atom. The lowest BCUT2D eigenvalue weighted by Gasteiger charge is -2.42. The van der Waals surface area contributed by atoms with Gasteiger partial charge in [-0.15, -0.1) is 0 Å². The van der Waals surface area contributed by atoms with E-state index in [-0.39, 0.29) is 0 Å². The van der Waals surface area contributed by atoms with E-state index in [9.17, 15) is 0 Å². The minimum Gasteiger partial charge on any atom is -0.381 e. The largest absolute Gasteiger partial charge is 0.381 e. The van der Waals surface area contributed by atoms with Crippen molar-refractivity contribution < 1.29 is 4.74 Å². The van der Waals surface area contributed by atoms with Crippen LogP contribution in [0, 0.1) is 5.92 Å². The zero-order valence-electron chi connectivity index (χ0n) is 11.9. The summed E-state index contributed by atoms with van der Waals surface area (Å²) in [6.07, 6.45) is 3.69. The van der Waals surface area contributed by atoms with Crippen LogP contribution in [0.3, 0.4) is 0 Å². The molecule has 2 atom stereocenters. The van der Waals surface area contributed by atoms with Crippen molar-refractivity contribution in [2.45, 2.75) is 38.3 Å². The summed E-state index contributed by atoms with van der Waals surface area (Å²) < 4.78 is 5.52. The number of nitrogens with one attached hydrogen (secondary N) is 1. The van der Waals surface area contributed by atoms with Gasteiger partial charge < -0.3 is 15.0 Å². The van der Waals surface area contributed by atoms with E-state index in [1.807, 2.05) is 0 Å². The Kier molecular flexibility index (Phi) is 6.29. The molecule has 3 nitrogen and oxygen atoms in total. The molecule has 2 aliphatic heterocycles. The van der Waals surface area contributed by atoms with Gasteiger partial charge in [-0.1, -0.05) is 6.92 Å². The monoisotopic (exact) mass is 272 g/mol. The van der Waals surface area contributed by atoms with Gasteiger partial charge in [-0.2, -0.15) is 11.8 Å². The van der Waals surface area contributed by atoms with Crippen molar-refractivity contribution >= 4 is 11.8 Å². The van der Waals surface area contributed by atoms with Gasteiger partial charge in [-0.3, -0.25) is 0 Å². The van der Waals surface area contributed by atoms with E-state index < -0.39 is 0 Å². The van der Waals surface area contributed by atoms with Gasteiger partial charge in [0.25, 0.3) is 0 Å². The maximum Gasteiger partial charge on any atom is 0.0469 e. The van der Waals surface area contributed by atoms with Crippen LogP contribution < -0.4 is 5.32 Å². The van der Waals surface area contributed by atoms with Gasteiger partial charge in [0.2, 0.25) is 0 Å². The van der Waals surface area contributed by atoms with E-state index in [1.165, 1.54) is 37.3 Å². The lowest BCUT2D eigenvalue weighted by molar-refractivity contribution is 0.0395. The van der Waals surface area contributed by atoms with E-state index in [2.05, 4.69) is 35.9 Å². The molecule has 2 aliphatic rings. The molecule has 0 amide bonds. The van der Waals surface area contributed by atoms with E-state index >= 15 is 0 Å². The van der Waals surface area contributed by atoms with Gasteiger partial charge in [0.1, 0.15) is 0 Å². The Labute approximate surface area is 116 Å². The maximum atomic E-state index is 5.52. The molecule has 2 fully saturated rings. The predicted octanol–water partition coefficient (Wildman–Crippen LogP) is 1.83. The fraction of sp³-hybridized carbons (Fsp3) is 1.00. The zero-order chi connectivity index (χ0) is 12.8. The van der Waals surface area contributed by atoms with Crippen LogP contribution in [0.1, 0.15) is 26.2 Å². The molecule has 1 N–H and O–H groups in total. The van der Waals surface area contributed by atoms with Gasteiger partial charge in [0, 0.05) is 43.3 Å². The average molecular weight is 272 g/mol. The van der Waals surface area contributed by atoms with E-state index in [0.29, 0.717) is 12.1 Å². The third kappa shape index (κ3) is 3.86. The highest BCUT2D eigenvalue weighted by atomic mass is 32.2. The topological polar surface area (TPSA) is 24.5 Å². The summed E-state index contributed by atoms with van der Waals surface area (Å²) >= 11 is 2.12. The Morgan fingerprint density at radius 2 is 2.17 bits per heavy atom. The molecule has 0 bridgehead atoms. The fourth-order valence-corrected chi connectivity index (χ4v) is 4.37. The molecule has 4 heteroatoms. The van der Waals surface area contributed by atoms with Crippen LogP contribution >= 0.6 is 11.8 Å². The normalized spacial score (nSPS) is 29.3. The number of nitrogens with zero attached hydrogens (tertiary/aromatic N) is 1. The quantitative estimate of drug-likeness (QED) is 0.825. The molecule has 0 aromatic heterocycles. The second-order valence-corrected chi connectivity index (χ2v) is 6.70. The number of hydrogen-bond donors (Lipinski definition) is 1. The van der Waals surface area contributed by atoms with Gasteiger partial charge in [-0.25, -0.2) is 0 Å². The van der Waals surface area contributed by atoms with Crippen LogP contribution in [0.5, 0.6) is 0 Å². The minimum absolute atomic E-state index is 0.659. The standard InChI is InChI=1S/C14H28N2OS/c1-3-6-15-14(12-4-8-17-9-5-12)13-11-18-10-7-16(13)2/h12-15H,3-11H2,1-2H3. The number of ether oxygens (including phenoxy) is 1. The highest BCUT2D eigenvalue weighted by Gasteiger charge is 2.33. The Morgan fingerprint density at radius 3 is 2.83 bits per heavy atom. The number of thioether (sulfide) groups is 1. The van der Waals surface area contributed by atoms with Crippen molar-refractivity contribution in [1.29, 1.82) is 0 Å².